The molecule has 0 spiro atoms. The lowest BCUT2D eigenvalue weighted by atomic mass is 9.90. The van der Waals surface area contributed by atoms with Crippen LogP contribution in [0.4, 0.5) is 8.78 Å². The summed E-state index contributed by atoms with van der Waals surface area (Å²) in [5, 5.41) is 4.57. The standard InChI is InChI=1S/C25H29F2N3O2/c1-3-22(14(2)4-5-15-12-29-23-9-6-16(26)10-19(15)23)30-17-11-20-18(25(28)31)7-8-21(27)24(20)32-13-17/h6-10,12,14,17,22,29-30H,3-5,11,13H2,1-2H3,(H2,28,31)/t14-,17-,22?/m0/s1. The first-order chi connectivity index (χ1) is 15.4. The number of nitrogens with two attached hydrogens (primary N) is 1. The molecule has 0 saturated heterocycles. The molecule has 1 amide bonds. The Balaban J connectivity index is 1.42. The number of halogens is 2. The summed E-state index contributed by atoms with van der Waals surface area (Å²) >= 11 is 0. The molecule has 5 nitrogen and oxygen atoms in total. The van der Waals surface area contributed by atoms with Crippen molar-refractivity contribution in [2.75, 3.05) is 6.61 Å². The third-order valence-corrected chi connectivity index (χ3v) is 6.53. The lowest BCUT2D eigenvalue weighted by molar-refractivity contribution is 0.0997. The van der Waals surface area contributed by atoms with Crippen molar-refractivity contribution in [3.8, 4) is 5.75 Å². The SMILES string of the molecule is CCC(N[C@@H]1COc2c(F)ccc(C(N)=O)c2C1)[C@@H](C)CCc1c[nH]c2ccc(F)cc12. The number of benzene rings is 2. The van der Waals surface area contributed by atoms with Crippen molar-refractivity contribution in [1.29, 1.82) is 0 Å². The fourth-order valence-electron chi connectivity index (χ4n) is 4.71. The molecule has 170 valence electrons. The minimum absolute atomic E-state index is 0.0445. The maximum Gasteiger partial charge on any atom is 0.249 e. The quantitative estimate of drug-likeness (QED) is 0.482. The smallest absolute Gasteiger partial charge is 0.249 e. The normalized spacial score (nSPS) is 17.6. The van der Waals surface area contributed by atoms with E-state index in [9.17, 15) is 13.6 Å². The Morgan fingerprint density at radius 3 is 2.88 bits per heavy atom. The number of aryl methyl sites for hydroxylation is 1. The largest absolute Gasteiger partial charge is 0.489 e. The number of aromatic nitrogens is 1. The molecule has 0 fully saturated rings. The molecule has 1 aromatic heterocycles. The van der Waals surface area contributed by atoms with E-state index in [1.165, 1.54) is 18.2 Å². The summed E-state index contributed by atoms with van der Waals surface area (Å²) in [7, 11) is 0. The number of hydrogen-bond acceptors (Lipinski definition) is 3. The van der Waals surface area contributed by atoms with E-state index in [0.717, 1.165) is 35.7 Å². The third-order valence-electron chi connectivity index (χ3n) is 6.53. The van der Waals surface area contributed by atoms with Gasteiger partial charge in [-0.3, -0.25) is 4.79 Å². The van der Waals surface area contributed by atoms with Gasteiger partial charge in [0.05, 0.1) is 0 Å². The molecule has 4 rings (SSSR count). The Bertz CT molecular complexity index is 1130. The van der Waals surface area contributed by atoms with Crippen molar-refractivity contribution >= 4 is 16.8 Å². The molecule has 1 aliphatic rings. The predicted octanol–water partition coefficient (Wildman–Crippen LogP) is 4.49. The van der Waals surface area contributed by atoms with Gasteiger partial charge in [0.15, 0.2) is 11.6 Å². The summed E-state index contributed by atoms with van der Waals surface area (Å²) in [6.45, 7) is 4.65. The van der Waals surface area contributed by atoms with E-state index in [0.29, 0.717) is 30.1 Å². The van der Waals surface area contributed by atoms with Gasteiger partial charge in [-0.15, -0.1) is 0 Å². The number of amides is 1. The molecule has 1 aliphatic heterocycles. The van der Waals surface area contributed by atoms with Crippen LogP contribution in [0.2, 0.25) is 0 Å². The second-order valence-corrected chi connectivity index (χ2v) is 8.68. The summed E-state index contributed by atoms with van der Waals surface area (Å²) in [5.41, 5.74) is 8.37. The van der Waals surface area contributed by atoms with Gasteiger partial charge >= 0.3 is 0 Å². The van der Waals surface area contributed by atoms with E-state index in [2.05, 4.69) is 24.1 Å². The van der Waals surface area contributed by atoms with Crippen LogP contribution < -0.4 is 15.8 Å². The van der Waals surface area contributed by atoms with Crippen LogP contribution in [0.1, 0.15) is 48.2 Å². The van der Waals surface area contributed by atoms with Crippen LogP contribution in [0.3, 0.4) is 0 Å². The van der Waals surface area contributed by atoms with E-state index in [1.54, 1.807) is 12.1 Å². The van der Waals surface area contributed by atoms with Crippen molar-refractivity contribution in [3.05, 3.63) is 64.9 Å². The molecule has 0 saturated carbocycles. The predicted molar refractivity (Wildman–Crippen MR) is 121 cm³/mol. The number of primary amides is 1. The molecule has 3 aromatic rings. The van der Waals surface area contributed by atoms with Gasteiger partial charge in [0, 0.05) is 40.3 Å². The number of nitrogens with one attached hydrogen (secondary N) is 2. The van der Waals surface area contributed by atoms with E-state index in [-0.39, 0.29) is 23.7 Å². The fourth-order valence-corrected chi connectivity index (χ4v) is 4.71. The highest BCUT2D eigenvalue weighted by Crippen LogP contribution is 2.31. The topological polar surface area (TPSA) is 80.1 Å². The number of H-pyrrole nitrogens is 1. The number of carbonyl (C=O) groups is 1. The highest BCUT2D eigenvalue weighted by Gasteiger charge is 2.29. The Kier molecular flexibility index (Phi) is 6.46. The summed E-state index contributed by atoms with van der Waals surface area (Å²) < 4.78 is 33.5. The first-order valence-electron chi connectivity index (χ1n) is 11.1. The maximum atomic E-state index is 14.1. The summed E-state index contributed by atoms with van der Waals surface area (Å²) in [6.07, 6.45) is 5.12. The molecule has 1 unspecified atom stereocenters. The molecule has 2 aromatic carbocycles. The summed E-state index contributed by atoms with van der Waals surface area (Å²) in [6, 6.07) is 7.62. The average Bonchev–Trinajstić information content (AvgIpc) is 3.17. The second-order valence-electron chi connectivity index (χ2n) is 8.68. The molecular weight excluding hydrogens is 412 g/mol. The minimum atomic E-state index is -0.582. The Morgan fingerprint density at radius 1 is 1.31 bits per heavy atom. The van der Waals surface area contributed by atoms with Crippen molar-refractivity contribution < 1.29 is 18.3 Å². The number of ether oxygens (including phenoxy) is 1. The maximum absolute atomic E-state index is 14.1. The van der Waals surface area contributed by atoms with Gasteiger partial charge in [0.2, 0.25) is 5.91 Å². The van der Waals surface area contributed by atoms with E-state index < -0.39 is 11.7 Å². The zero-order chi connectivity index (χ0) is 22.8. The van der Waals surface area contributed by atoms with Gasteiger partial charge in [-0.1, -0.05) is 13.8 Å². The Labute approximate surface area is 186 Å². The molecule has 0 radical (unpaired) electrons. The number of rotatable bonds is 8. The van der Waals surface area contributed by atoms with E-state index in [4.69, 9.17) is 10.5 Å². The van der Waals surface area contributed by atoms with Gasteiger partial charge in [-0.2, -0.15) is 0 Å². The van der Waals surface area contributed by atoms with Crippen LogP contribution >= 0.6 is 0 Å². The number of fused-ring (bicyclic) bond motifs is 2. The lowest BCUT2D eigenvalue weighted by Crippen LogP contribution is -2.47. The van der Waals surface area contributed by atoms with Gasteiger partial charge < -0.3 is 20.8 Å². The van der Waals surface area contributed by atoms with Crippen molar-refractivity contribution in [1.82, 2.24) is 10.3 Å². The fraction of sp³-hybridized carbons (Fsp3) is 0.400. The minimum Gasteiger partial charge on any atom is -0.489 e. The van der Waals surface area contributed by atoms with Gasteiger partial charge in [0.25, 0.3) is 0 Å². The van der Waals surface area contributed by atoms with Crippen LogP contribution in [0.5, 0.6) is 5.75 Å². The zero-order valence-corrected chi connectivity index (χ0v) is 18.4. The van der Waals surface area contributed by atoms with Gasteiger partial charge in [-0.25, -0.2) is 8.78 Å². The third kappa shape index (κ3) is 4.48. The summed E-state index contributed by atoms with van der Waals surface area (Å²) in [4.78, 5) is 15.0. The summed E-state index contributed by atoms with van der Waals surface area (Å²) in [5.74, 6) is -0.806. The molecule has 2 heterocycles. The highest BCUT2D eigenvalue weighted by atomic mass is 19.1. The number of carbonyl (C=O) groups excluding carboxylic acids is 1. The average molecular weight is 442 g/mol. The van der Waals surface area contributed by atoms with Crippen LogP contribution in [-0.2, 0) is 12.8 Å². The van der Waals surface area contributed by atoms with Crippen LogP contribution in [0, 0.1) is 17.6 Å². The molecule has 4 N–H and O–H groups in total. The molecule has 3 atom stereocenters. The van der Waals surface area contributed by atoms with Gasteiger partial charge in [-0.05, 0) is 67.5 Å². The molecule has 7 heteroatoms. The molecule has 0 bridgehead atoms. The first-order valence-corrected chi connectivity index (χ1v) is 11.1. The second kappa shape index (κ2) is 9.28. The van der Waals surface area contributed by atoms with Gasteiger partial charge in [0.1, 0.15) is 12.4 Å². The Morgan fingerprint density at radius 2 is 2.12 bits per heavy atom. The number of hydrogen-bond donors (Lipinski definition) is 3. The van der Waals surface area contributed by atoms with E-state index >= 15 is 0 Å². The Hall–Kier alpha value is -2.93. The number of aromatic amines is 1. The molecule has 32 heavy (non-hydrogen) atoms. The highest BCUT2D eigenvalue weighted by molar-refractivity contribution is 5.95. The monoisotopic (exact) mass is 441 g/mol. The zero-order valence-electron chi connectivity index (χ0n) is 18.4. The van der Waals surface area contributed by atoms with Crippen molar-refractivity contribution in [2.24, 2.45) is 11.7 Å². The van der Waals surface area contributed by atoms with Crippen LogP contribution in [0.25, 0.3) is 10.9 Å². The van der Waals surface area contributed by atoms with Crippen LogP contribution in [0.15, 0.2) is 36.5 Å². The van der Waals surface area contributed by atoms with Crippen molar-refractivity contribution in [3.63, 3.8) is 0 Å². The first kappa shape index (κ1) is 22.3. The molecular formula is C25H29F2N3O2. The van der Waals surface area contributed by atoms with E-state index in [1.807, 2.05) is 6.20 Å². The molecule has 0 aliphatic carbocycles. The van der Waals surface area contributed by atoms with Crippen LogP contribution in [-0.4, -0.2) is 29.6 Å². The van der Waals surface area contributed by atoms with Crippen molar-refractivity contribution in [2.45, 2.75) is 51.6 Å². The lowest BCUT2D eigenvalue weighted by Gasteiger charge is -2.33.